The van der Waals surface area contributed by atoms with Gasteiger partial charge in [0.15, 0.2) is 0 Å². The molecule has 0 atom stereocenters. The van der Waals surface area contributed by atoms with Crippen LogP contribution in [0.15, 0.2) is 36.5 Å². The highest BCUT2D eigenvalue weighted by molar-refractivity contribution is 5.76. The predicted molar refractivity (Wildman–Crippen MR) is 108 cm³/mol. The number of hydrogen-bond donors (Lipinski definition) is 0. The minimum atomic E-state index is 0.311. The van der Waals surface area contributed by atoms with E-state index in [1.165, 1.54) is 36.3 Å². The van der Waals surface area contributed by atoms with E-state index < -0.39 is 0 Å². The Kier molecular flexibility index (Phi) is 5.61. The van der Waals surface area contributed by atoms with E-state index in [0.717, 1.165) is 38.9 Å². The Labute approximate surface area is 162 Å². The average Bonchev–Trinajstić information content (AvgIpc) is 3.00. The van der Waals surface area contributed by atoms with Crippen molar-refractivity contribution >= 4 is 5.91 Å². The quantitative estimate of drug-likeness (QED) is 0.764. The van der Waals surface area contributed by atoms with E-state index in [2.05, 4.69) is 28.5 Å². The first-order valence-corrected chi connectivity index (χ1v) is 10.5. The fourth-order valence-corrected chi connectivity index (χ4v) is 4.39. The van der Waals surface area contributed by atoms with E-state index in [0.29, 0.717) is 24.2 Å². The zero-order valence-electron chi connectivity index (χ0n) is 16.4. The number of aryl methyl sites for hydroxylation is 2. The van der Waals surface area contributed by atoms with Crippen molar-refractivity contribution in [1.82, 2.24) is 14.5 Å². The molecule has 27 heavy (non-hydrogen) atoms. The summed E-state index contributed by atoms with van der Waals surface area (Å²) >= 11 is 0. The second-order valence-corrected chi connectivity index (χ2v) is 8.31. The molecule has 2 aromatic rings. The highest BCUT2D eigenvalue weighted by atomic mass is 16.2. The molecule has 4 rings (SSSR count). The largest absolute Gasteiger partial charge is 0.343 e. The number of likely N-dealkylation sites (tertiary alicyclic amines) is 1. The highest BCUT2D eigenvalue weighted by Gasteiger charge is 2.27. The maximum atomic E-state index is 12.5. The van der Waals surface area contributed by atoms with Gasteiger partial charge in [0.05, 0.1) is 0 Å². The molecule has 0 radical (unpaired) electrons. The summed E-state index contributed by atoms with van der Waals surface area (Å²) in [7, 11) is 0. The van der Waals surface area contributed by atoms with Crippen molar-refractivity contribution < 1.29 is 4.79 Å². The van der Waals surface area contributed by atoms with Crippen LogP contribution in [-0.2, 0) is 17.8 Å². The van der Waals surface area contributed by atoms with Crippen LogP contribution in [0.2, 0.25) is 0 Å². The SMILES string of the molecule is Cc1cnc(C2CCC2)n1CC1CCN(C(=O)CCc2ccccc2)CC1. The number of hydrogen-bond acceptors (Lipinski definition) is 2. The van der Waals surface area contributed by atoms with Gasteiger partial charge in [-0.1, -0.05) is 36.8 Å². The van der Waals surface area contributed by atoms with Crippen molar-refractivity contribution in [3.63, 3.8) is 0 Å². The standard InChI is InChI=1S/C23H31N3O/c1-18-16-24-23(21-8-5-9-21)26(18)17-20-12-14-25(15-13-20)22(27)11-10-19-6-3-2-4-7-19/h2-4,6-7,16,20-21H,5,8-15,17H2,1H3. The van der Waals surface area contributed by atoms with E-state index >= 15 is 0 Å². The minimum absolute atomic E-state index is 0.311. The fourth-order valence-electron chi connectivity index (χ4n) is 4.39. The summed E-state index contributed by atoms with van der Waals surface area (Å²) in [5.74, 6) is 2.96. The molecule has 2 aliphatic rings. The van der Waals surface area contributed by atoms with Crippen LogP contribution >= 0.6 is 0 Å². The van der Waals surface area contributed by atoms with Gasteiger partial charge in [-0.3, -0.25) is 4.79 Å². The summed E-state index contributed by atoms with van der Waals surface area (Å²) in [6.45, 7) is 5.07. The summed E-state index contributed by atoms with van der Waals surface area (Å²) in [5.41, 5.74) is 2.54. The third kappa shape index (κ3) is 4.26. The molecular weight excluding hydrogens is 334 g/mol. The van der Waals surface area contributed by atoms with Crippen molar-refractivity contribution in [1.29, 1.82) is 0 Å². The molecule has 4 heteroatoms. The summed E-state index contributed by atoms with van der Waals surface area (Å²) in [5, 5.41) is 0. The van der Waals surface area contributed by atoms with Gasteiger partial charge in [-0.2, -0.15) is 0 Å². The van der Waals surface area contributed by atoms with Gasteiger partial charge in [0, 0.05) is 43.9 Å². The van der Waals surface area contributed by atoms with E-state index in [-0.39, 0.29) is 0 Å². The van der Waals surface area contributed by atoms with E-state index in [4.69, 9.17) is 4.98 Å². The Bertz CT molecular complexity index is 755. The monoisotopic (exact) mass is 365 g/mol. The van der Waals surface area contributed by atoms with E-state index in [1.54, 1.807) is 0 Å². The lowest BCUT2D eigenvalue weighted by Gasteiger charge is -2.33. The van der Waals surface area contributed by atoms with E-state index in [9.17, 15) is 4.79 Å². The van der Waals surface area contributed by atoms with Crippen molar-refractivity contribution in [2.75, 3.05) is 13.1 Å². The molecule has 1 aliphatic heterocycles. The van der Waals surface area contributed by atoms with Gasteiger partial charge in [-0.05, 0) is 50.5 Å². The first-order chi connectivity index (χ1) is 13.2. The van der Waals surface area contributed by atoms with Crippen LogP contribution < -0.4 is 0 Å². The molecule has 1 amide bonds. The maximum Gasteiger partial charge on any atom is 0.222 e. The molecule has 1 saturated carbocycles. The van der Waals surface area contributed by atoms with Gasteiger partial charge in [-0.25, -0.2) is 4.98 Å². The van der Waals surface area contributed by atoms with Crippen LogP contribution in [-0.4, -0.2) is 33.4 Å². The van der Waals surface area contributed by atoms with Gasteiger partial charge >= 0.3 is 0 Å². The number of nitrogens with zero attached hydrogens (tertiary/aromatic N) is 3. The Morgan fingerprint density at radius 3 is 2.52 bits per heavy atom. The molecule has 1 aliphatic carbocycles. The summed E-state index contributed by atoms with van der Waals surface area (Å²) in [4.78, 5) is 19.3. The molecule has 0 unspecified atom stereocenters. The normalized spacial score (nSPS) is 18.5. The number of carbonyl (C=O) groups excluding carboxylic acids is 1. The molecule has 0 spiro atoms. The lowest BCUT2D eigenvalue weighted by atomic mass is 9.84. The highest BCUT2D eigenvalue weighted by Crippen LogP contribution is 2.36. The summed E-state index contributed by atoms with van der Waals surface area (Å²) in [6, 6.07) is 10.3. The van der Waals surface area contributed by atoms with Crippen molar-refractivity contribution in [3.05, 3.63) is 53.6 Å². The molecule has 4 nitrogen and oxygen atoms in total. The lowest BCUT2D eigenvalue weighted by molar-refractivity contribution is -0.132. The third-order valence-electron chi connectivity index (χ3n) is 6.43. The Morgan fingerprint density at radius 2 is 1.85 bits per heavy atom. The van der Waals surface area contributed by atoms with E-state index in [1.807, 2.05) is 24.4 Å². The number of benzene rings is 1. The van der Waals surface area contributed by atoms with Gasteiger partial charge < -0.3 is 9.47 Å². The number of carbonyl (C=O) groups is 1. The van der Waals surface area contributed by atoms with Gasteiger partial charge in [0.2, 0.25) is 5.91 Å². The Morgan fingerprint density at radius 1 is 1.11 bits per heavy atom. The molecule has 1 saturated heterocycles. The van der Waals surface area contributed by atoms with Gasteiger partial charge in [0.25, 0.3) is 0 Å². The van der Waals surface area contributed by atoms with Gasteiger partial charge in [0.1, 0.15) is 5.82 Å². The first kappa shape index (κ1) is 18.3. The number of amides is 1. The molecular formula is C23H31N3O. The van der Waals surface area contributed by atoms with Crippen LogP contribution in [0.1, 0.15) is 61.5 Å². The zero-order valence-corrected chi connectivity index (χ0v) is 16.4. The van der Waals surface area contributed by atoms with Crippen molar-refractivity contribution in [2.45, 2.75) is 64.3 Å². The predicted octanol–water partition coefficient (Wildman–Crippen LogP) is 4.33. The average molecular weight is 366 g/mol. The van der Waals surface area contributed by atoms with Crippen LogP contribution in [0.3, 0.4) is 0 Å². The number of aromatic nitrogens is 2. The maximum absolute atomic E-state index is 12.5. The Hall–Kier alpha value is -2.10. The number of piperidine rings is 1. The molecule has 0 N–H and O–H groups in total. The molecule has 1 aromatic heterocycles. The first-order valence-electron chi connectivity index (χ1n) is 10.5. The van der Waals surface area contributed by atoms with Crippen molar-refractivity contribution in [3.8, 4) is 0 Å². The van der Waals surface area contributed by atoms with Crippen LogP contribution in [0.25, 0.3) is 0 Å². The molecule has 144 valence electrons. The summed E-state index contributed by atoms with van der Waals surface area (Å²) in [6.07, 6.45) is 9.67. The zero-order chi connectivity index (χ0) is 18.6. The Balaban J connectivity index is 1.27. The topological polar surface area (TPSA) is 38.1 Å². The summed E-state index contributed by atoms with van der Waals surface area (Å²) < 4.78 is 2.46. The number of rotatable bonds is 6. The molecule has 2 heterocycles. The van der Waals surface area contributed by atoms with Crippen LogP contribution in [0.4, 0.5) is 0 Å². The van der Waals surface area contributed by atoms with Crippen LogP contribution in [0, 0.1) is 12.8 Å². The molecule has 2 fully saturated rings. The van der Waals surface area contributed by atoms with Gasteiger partial charge in [-0.15, -0.1) is 0 Å². The minimum Gasteiger partial charge on any atom is -0.343 e. The molecule has 0 bridgehead atoms. The lowest BCUT2D eigenvalue weighted by Crippen LogP contribution is -2.39. The third-order valence-corrected chi connectivity index (χ3v) is 6.43. The smallest absolute Gasteiger partial charge is 0.222 e. The van der Waals surface area contributed by atoms with Crippen molar-refractivity contribution in [2.24, 2.45) is 5.92 Å². The van der Waals surface area contributed by atoms with Crippen LogP contribution in [0.5, 0.6) is 0 Å². The second-order valence-electron chi connectivity index (χ2n) is 8.31. The second kappa shape index (κ2) is 8.28. The number of imidazole rings is 1. The molecule has 1 aromatic carbocycles. The fraction of sp³-hybridized carbons (Fsp3) is 0.565.